The minimum atomic E-state index is -1.04. The number of carboxylic acid groups (broad SMARTS) is 1. The van der Waals surface area contributed by atoms with Gasteiger partial charge in [-0.15, -0.1) is 0 Å². The van der Waals surface area contributed by atoms with Crippen LogP contribution < -0.4 is 9.47 Å². The summed E-state index contributed by atoms with van der Waals surface area (Å²) in [6.07, 6.45) is 0. The lowest BCUT2D eigenvalue weighted by molar-refractivity contribution is 0.0692. The highest BCUT2D eigenvalue weighted by Crippen LogP contribution is 2.34. The van der Waals surface area contributed by atoms with Crippen molar-refractivity contribution in [1.29, 1.82) is 0 Å². The number of para-hydroxylation sites is 1. The second kappa shape index (κ2) is 5.66. The number of hydrogen-bond acceptors (Lipinski definition) is 3. The fourth-order valence-corrected chi connectivity index (χ4v) is 2.51. The highest BCUT2D eigenvalue weighted by Gasteiger charge is 2.25. The lowest BCUT2D eigenvalue weighted by Gasteiger charge is -2.13. The zero-order valence-corrected chi connectivity index (χ0v) is 11.8. The standard InChI is InChI=1S/C16H13ClO4/c17-11-5-6-13(16(18)19)15(7-11)21-9-10-8-20-14-4-2-1-3-12(10)14/h1-7,10H,8-9H2,(H,18,19). The molecule has 5 heteroatoms. The van der Waals surface area contributed by atoms with Gasteiger partial charge in [0.15, 0.2) is 0 Å². The summed E-state index contributed by atoms with van der Waals surface area (Å²) < 4.78 is 11.3. The van der Waals surface area contributed by atoms with Crippen LogP contribution in [0.3, 0.4) is 0 Å². The van der Waals surface area contributed by atoms with Crippen LogP contribution in [-0.2, 0) is 0 Å². The Bertz CT molecular complexity index is 684. The van der Waals surface area contributed by atoms with Gasteiger partial charge in [-0.05, 0) is 24.3 Å². The lowest BCUT2D eigenvalue weighted by atomic mass is 10.0. The molecular formula is C16H13ClO4. The summed E-state index contributed by atoms with van der Waals surface area (Å²) in [7, 11) is 0. The molecule has 0 spiro atoms. The Morgan fingerprint density at radius 3 is 2.95 bits per heavy atom. The highest BCUT2D eigenvalue weighted by molar-refractivity contribution is 6.30. The molecule has 0 aromatic heterocycles. The van der Waals surface area contributed by atoms with Crippen molar-refractivity contribution in [3.8, 4) is 11.5 Å². The van der Waals surface area contributed by atoms with Crippen LogP contribution in [0.15, 0.2) is 42.5 Å². The van der Waals surface area contributed by atoms with E-state index < -0.39 is 5.97 Å². The van der Waals surface area contributed by atoms with E-state index in [4.69, 9.17) is 26.2 Å². The van der Waals surface area contributed by atoms with E-state index in [1.54, 1.807) is 0 Å². The number of benzene rings is 2. The largest absolute Gasteiger partial charge is 0.493 e. The number of rotatable bonds is 4. The van der Waals surface area contributed by atoms with Crippen LogP contribution >= 0.6 is 11.6 Å². The van der Waals surface area contributed by atoms with Gasteiger partial charge in [-0.2, -0.15) is 0 Å². The van der Waals surface area contributed by atoms with Crippen molar-refractivity contribution >= 4 is 17.6 Å². The topological polar surface area (TPSA) is 55.8 Å². The highest BCUT2D eigenvalue weighted by atomic mass is 35.5. The summed E-state index contributed by atoms with van der Waals surface area (Å²) in [4.78, 5) is 11.2. The summed E-state index contributed by atoms with van der Waals surface area (Å²) in [5.41, 5.74) is 1.18. The maximum atomic E-state index is 11.2. The van der Waals surface area contributed by atoms with Gasteiger partial charge in [0.2, 0.25) is 0 Å². The molecule has 0 fully saturated rings. The number of fused-ring (bicyclic) bond motifs is 1. The normalized spacial score (nSPS) is 16.1. The van der Waals surface area contributed by atoms with Crippen molar-refractivity contribution in [2.45, 2.75) is 5.92 Å². The van der Waals surface area contributed by atoms with Crippen LogP contribution in [0.5, 0.6) is 11.5 Å². The Kier molecular flexibility index (Phi) is 3.71. The summed E-state index contributed by atoms with van der Waals surface area (Å²) in [6.45, 7) is 0.875. The second-order valence-electron chi connectivity index (χ2n) is 4.80. The zero-order valence-electron chi connectivity index (χ0n) is 11.1. The summed E-state index contributed by atoms with van der Waals surface area (Å²) >= 11 is 5.90. The summed E-state index contributed by atoms with van der Waals surface area (Å²) in [5.74, 6) is 0.182. The number of aromatic carboxylic acids is 1. The Labute approximate surface area is 126 Å². The van der Waals surface area contributed by atoms with Crippen molar-refractivity contribution in [3.05, 3.63) is 58.6 Å². The van der Waals surface area contributed by atoms with Crippen LogP contribution in [-0.4, -0.2) is 24.3 Å². The average Bonchev–Trinajstić information content (AvgIpc) is 2.88. The van der Waals surface area contributed by atoms with Crippen molar-refractivity contribution < 1.29 is 19.4 Å². The molecule has 0 saturated heterocycles. The molecule has 3 rings (SSSR count). The number of carboxylic acids is 1. The number of carbonyl (C=O) groups is 1. The van der Waals surface area contributed by atoms with Crippen molar-refractivity contribution in [1.82, 2.24) is 0 Å². The first-order valence-corrected chi connectivity index (χ1v) is 6.90. The van der Waals surface area contributed by atoms with E-state index in [1.807, 2.05) is 24.3 Å². The average molecular weight is 305 g/mol. The quantitative estimate of drug-likeness (QED) is 0.938. The molecule has 108 valence electrons. The first-order valence-electron chi connectivity index (χ1n) is 6.52. The van der Waals surface area contributed by atoms with E-state index in [0.717, 1.165) is 11.3 Å². The Balaban J connectivity index is 1.77. The van der Waals surface area contributed by atoms with E-state index in [1.165, 1.54) is 18.2 Å². The molecule has 0 saturated carbocycles. The molecular weight excluding hydrogens is 292 g/mol. The van der Waals surface area contributed by atoms with Crippen LogP contribution in [0, 0.1) is 0 Å². The predicted octanol–water partition coefficient (Wildman–Crippen LogP) is 3.59. The Morgan fingerprint density at radius 2 is 2.14 bits per heavy atom. The fourth-order valence-electron chi connectivity index (χ4n) is 2.35. The molecule has 0 amide bonds. The molecule has 2 aromatic carbocycles. The molecule has 1 unspecified atom stereocenters. The maximum absolute atomic E-state index is 11.2. The van der Waals surface area contributed by atoms with Crippen LogP contribution in [0.4, 0.5) is 0 Å². The van der Waals surface area contributed by atoms with E-state index >= 15 is 0 Å². The number of ether oxygens (including phenoxy) is 2. The Hall–Kier alpha value is -2.20. The van der Waals surface area contributed by atoms with Crippen molar-refractivity contribution in [2.24, 2.45) is 0 Å². The molecule has 0 bridgehead atoms. The second-order valence-corrected chi connectivity index (χ2v) is 5.24. The molecule has 1 atom stereocenters. The number of halogens is 1. The van der Waals surface area contributed by atoms with Gasteiger partial charge in [-0.1, -0.05) is 29.8 Å². The minimum absolute atomic E-state index is 0.0850. The predicted molar refractivity (Wildman–Crippen MR) is 78.6 cm³/mol. The third-order valence-electron chi connectivity index (χ3n) is 3.41. The molecule has 4 nitrogen and oxygen atoms in total. The van der Waals surface area contributed by atoms with Crippen LogP contribution in [0.25, 0.3) is 0 Å². The molecule has 1 N–H and O–H groups in total. The Morgan fingerprint density at radius 1 is 1.33 bits per heavy atom. The van der Waals surface area contributed by atoms with Gasteiger partial charge in [0.05, 0.1) is 19.1 Å². The van der Waals surface area contributed by atoms with Crippen molar-refractivity contribution in [2.75, 3.05) is 13.2 Å². The number of hydrogen-bond donors (Lipinski definition) is 1. The maximum Gasteiger partial charge on any atom is 0.339 e. The SMILES string of the molecule is O=C(O)c1ccc(Cl)cc1OCC1COc2ccccc21. The van der Waals surface area contributed by atoms with Crippen LogP contribution in [0.2, 0.25) is 5.02 Å². The molecule has 21 heavy (non-hydrogen) atoms. The third kappa shape index (κ3) is 2.81. The minimum Gasteiger partial charge on any atom is -0.493 e. The van der Waals surface area contributed by atoms with Gasteiger partial charge < -0.3 is 14.6 Å². The van der Waals surface area contributed by atoms with Gasteiger partial charge in [0, 0.05) is 10.6 Å². The van der Waals surface area contributed by atoms with E-state index in [2.05, 4.69) is 0 Å². The summed E-state index contributed by atoms with van der Waals surface area (Å²) in [6, 6.07) is 12.3. The van der Waals surface area contributed by atoms with Gasteiger partial charge in [-0.25, -0.2) is 4.79 Å². The van der Waals surface area contributed by atoms with Gasteiger partial charge in [0.1, 0.15) is 17.1 Å². The fraction of sp³-hybridized carbons (Fsp3) is 0.188. The van der Waals surface area contributed by atoms with Crippen molar-refractivity contribution in [3.63, 3.8) is 0 Å². The monoisotopic (exact) mass is 304 g/mol. The molecule has 0 radical (unpaired) electrons. The van der Waals surface area contributed by atoms with E-state index in [9.17, 15) is 4.79 Å². The molecule has 1 aliphatic heterocycles. The molecule has 1 aliphatic rings. The first kappa shape index (κ1) is 13.8. The van der Waals surface area contributed by atoms with Gasteiger partial charge in [-0.3, -0.25) is 0 Å². The molecule has 1 heterocycles. The molecule has 2 aromatic rings. The van der Waals surface area contributed by atoms with Gasteiger partial charge in [0.25, 0.3) is 0 Å². The van der Waals surface area contributed by atoms with E-state index in [-0.39, 0.29) is 17.2 Å². The van der Waals surface area contributed by atoms with E-state index in [0.29, 0.717) is 18.2 Å². The zero-order chi connectivity index (χ0) is 14.8. The molecule has 0 aliphatic carbocycles. The van der Waals surface area contributed by atoms with Crippen LogP contribution in [0.1, 0.15) is 21.8 Å². The smallest absolute Gasteiger partial charge is 0.339 e. The summed E-state index contributed by atoms with van der Waals surface area (Å²) in [5, 5.41) is 9.60. The lowest BCUT2D eigenvalue weighted by Crippen LogP contribution is -2.13. The first-order chi connectivity index (χ1) is 10.1. The van der Waals surface area contributed by atoms with Gasteiger partial charge >= 0.3 is 5.97 Å². The third-order valence-corrected chi connectivity index (χ3v) is 3.65.